The molecule has 0 spiro atoms. The third-order valence-corrected chi connectivity index (χ3v) is 3.91. The van der Waals surface area contributed by atoms with E-state index in [1.54, 1.807) is 14.2 Å². The first kappa shape index (κ1) is 14.6. The van der Waals surface area contributed by atoms with Crippen molar-refractivity contribution in [3.63, 3.8) is 0 Å². The molecule has 5 heteroatoms. The molecule has 2 unspecified atom stereocenters. The Morgan fingerprint density at radius 3 is 2.37 bits per heavy atom. The molecule has 0 aliphatic carbocycles. The predicted octanol–water partition coefficient (Wildman–Crippen LogP) is 1.69. The molecular weight excluding hydrogens is 264 g/mol. The summed E-state index contributed by atoms with van der Waals surface area (Å²) in [5.41, 5.74) is 7.76. The van der Waals surface area contributed by atoms with Crippen LogP contribution in [-0.4, -0.2) is 46.1 Å². The van der Waals surface area contributed by atoms with E-state index in [-0.39, 0.29) is 12.2 Å². The highest BCUT2D eigenvalue weighted by atomic mass is 35.5. The SMILES string of the molecule is COC1CN(c2ccc(CCN)cc2Cl)CC1OC. The average Bonchev–Trinajstić information content (AvgIpc) is 2.82. The van der Waals surface area contributed by atoms with E-state index in [4.69, 9.17) is 26.8 Å². The third kappa shape index (κ3) is 3.20. The number of hydrogen-bond acceptors (Lipinski definition) is 4. The van der Waals surface area contributed by atoms with Crippen molar-refractivity contribution >= 4 is 17.3 Å². The summed E-state index contributed by atoms with van der Waals surface area (Å²) >= 11 is 6.36. The molecule has 106 valence electrons. The van der Waals surface area contributed by atoms with Crippen LogP contribution in [0.25, 0.3) is 0 Å². The first-order chi connectivity index (χ1) is 9.19. The standard InChI is InChI=1S/C14H21ClN2O2/c1-18-13-8-17(9-14(13)19-2)12-4-3-10(5-6-16)7-11(12)15/h3-4,7,13-14H,5-6,8-9,16H2,1-2H3. The molecule has 1 aliphatic rings. The van der Waals surface area contributed by atoms with Crippen molar-refractivity contribution in [2.45, 2.75) is 18.6 Å². The lowest BCUT2D eigenvalue weighted by Gasteiger charge is -2.20. The Bertz CT molecular complexity index is 416. The summed E-state index contributed by atoms with van der Waals surface area (Å²) in [6.45, 7) is 2.23. The molecule has 1 aromatic rings. The molecule has 0 aromatic heterocycles. The van der Waals surface area contributed by atoms with Gasteiger partial charge in [-0.25, -0.2) is 0 Å². The summed E-state index contributed by atoms with van der Waals surface area (Å²) in [6.07, 6.45) is 1.02. The summed E-state index contributed by atoms with van der Waals surface area (Å²) in [4.78, 5) is 2.21. The number of hydrogen-bond donors (Lipinski definition) is 1. The topological polar surface area (TPSA) is 47.7 Å². The van der Waals surface area contributed by atoms with Crippen LogP contribution in [0.5, 0.6) is 0 Å². The zero-order chi connectivity index (χ0) is 13.8. The van der Waals surface area contributed by atoms with Gasteiger partial charge in [-0.15, -0.1) is 0 Å². The van der Waals surface area contributed by atoms with E-state index in [2.05, 4.69) is 17.0 Å². The molecule has 0 bridgehead atoms. The smallest absolute Gasteiger partial charge is 0.102 e. The van der Waals surface area contributed by atoms with Crippen LogP contribution in [0.15, 0.2) is 18.2 Å². The summed E-state index contributed by atoms with van der Waals surface area (Å²) in [6, 6.07) is 6.12. The van der Waals surface area contributed by atoms with Gasteiger partial charge in [-0.1, -0.05) is 17.7 Å². The van der Waals surface area contributed by atoms with Crippen molar-refractivity contribution in [1.29, 1.82) is 0 Å². The summed E-state index contributed by atoms with van der Waals surface area (Å²) < 4.78 is 10.9. The maximum absolute atomic E-state index is 6.36. The molecule has 2 atom stereocenters. The van der Waals surface area contributed by atoms with Crippen molar-refractivity contribution in [3.05, 3.63) is 28.8 Å². The normalized spacial score (nSPS) is 23.1. The second kappa shape index (κ2) is 6.57. The van der Waals surface area contributed by atoms with Gasteiger partial charge in [-0.2, -0.15) is 0 Å². The Hall–Kier alpha value is -0.810. The first-order valence-corrected chi connectivity index (χ1v) is 6.86. The van der Waals surface area contributed by atoms with Crippen molar-refractivity contribution in [2.75, 3.05) is 38.8 Å². The van der Waals surface area contributed by atoms with Crippen molar-refractivity contribution in [3.8, 4) is 0 Å². The highest BCUT2D eigenvalue weighted by molar-refractivity contribution is 6.33. The van der Waals surface area contributed by atoms with Crippen LogP contribution in [0, 0.1) is 0 Å². The minimum absolute atomic E-state index is 0.0878. The van der Waals surface area contributed by atoms with Gasteiger partial charge in [-0.05, 0) is 30.7 Å². The van der Waals surface area contributed by atoms with Crippen LogP contribution in [0.4, 0.5) is 5.69 Å². The van der Waals surface area contributed by atoms with Crippen LogP contribution >= 0.6 is 11.6 Å². The van der Waals surface area contributed by atoms with Crippen molar-refractivity contribution in [2.24, 2.45) is 5.73 Å². The number of benzene rings is 1. The minimum atomic E-state index is 0.0878. The van der Waals surface area contributed by atoms with Crippen molar-refractivity contribution < 1.29 is 9.47 Å². The third-order valence-electron chi connectivity index (χ3n) is 3.61. The van der Waals surface area contributed by atoms with Crippen LogP contribution in [0.3, 0.4) is 0 Å². The van der Waals surface area contributed by atoms with E-state index in [9.17, 15) is 0 Å². The largest absolute Gasteiger partial charge is 0.377 e. The van der Waals surface area contributed by atoms with E-state index in [1.165, 1.54) is 5.56 Å². The molecule has 2 N–H and O–H groups in total. The molecule has 2 rings (SSSR count). The number of nitrogens with two attached hydrogens (primary N) is 1. The van der Waals surface area contributed by atoms with Gasteiger partial charge in [0.25, 0.3) is 0 Å². The lowest BCUT2D eigenvalue weighted by Crippen LogP contribution is -2.27. The lowest BCUT2D eigenvalue weighted by molar-refractivity contribution is -0.00461. The van der Waals surface area contributed by atoms with Crippen LogP contribution < -0.4 is 10.6 Å². The maximum Gasteiger partial charge on any atom is 0.102 e. The highest BCUT2D eigenvalue weighted by Crippen LogP contribution is 2.31. The Morgan fingerprint density at radius 2 is 1.89 bits per heavy atom. The minimum Gasteiger partial charge on any atom is -0.377 e. The maximum atomic E-state index is 6.36. The van der Waals surface area contributed by atoms with Gasteiger partial charge in [0, 0.05) is 27.3 Å². The van der Waals surface area contributed by atoms with Gasteiger partial charge in [0.2, 0.25) is 0 Å². The van der Waals surface area contributed by atoms with Gasteiger partial charge in [0.15, 0.2) is 0 Å². The van der Waals surface area contributed by atoms with Crippen LogP contribution in [-0.2, 0) is 15.9 Å². The molecule has 1 aliphatic heterocycles. The zero-order valence-corrected chi connectivity index (χ0v) is 12.2. The van der Waals surface area contributed by atoms with Crippen molar-refractivity contribution in [1.82, 2.24) is 0 Å². The Balaban J connectivity index is 2.14. The zero-order valence-electron chi connectivity index (χ0n) is 11.4. The van der Waals surface area contributed by atoms with Crippen LogP contribution in [0.2, 0.25) is 5.02 Å². The number of anilines is 1. The number of rotatable bonds is 5. The van der Waals surface area contributed by atoms with Crippen LogP contribution in [0.1, 0.15) is 5.56 Å². The van der Waals surface area contributed by atoms with E-state index in [0.717, 1.165) is 30.2 Å². The number of nitrogens with zero attached hydrogens (tertiary/aromatic N) is 1. The molecule has 0 radical (unpaired) electrons. The molecule has 0 saturated carbocycles. The van der Waals surface area contributed by atoms with Gasteiger partial charge in [-0.3, -0.25) is 0 Å². The molecule has 1 fully saturated rings. The van der Waals surface area contributed by atoms with Gasteiger partial charge >= 0.3 is 0 Å². The average molecular weight is 285 g/mol. The Morgan fingerprint density at radius 1 is 1.26 bits per heavy atom. The number of halogens is 1. The van der Waals surface area contributed by atoms with E-state index >= 15 is 0 Å². The fourth-order valence-corrected chi connectivity index (χ4v) is 2.85. The molecule has 0 amide bonds. The molecular formula is C14H21ClN2O2. The van der Waals surface area contributed by atoms with E-state index < -0.39 is 0 Å². The first-order valence-electron chi connectivity index (χ1n) is 6.48. The van der Waals surface area contributed by atoms with E-state index in [0.29, 0.717) is 6.54 Å². The quantitative estimate of drug-likeness (QED) is 0.894. The molecule has 19 heavy (non-hydrogen) atoms. The molecule has 4 nitrogen and oxygen atoms in total. The number of methoxy groups -OCH3 is 2. The second-order valence-corrected chi connectivity index (χ2v) is 5.18. The fourth-order valence-electron chi connectivity index (χ4n) is 2.52. The Labute approximate surface area is 119 Å². The molecule has 1 saturated heterocycles. The summed E-state index contributed by atoms with van der Waals surface area (Å²) in [5, 5.41) is 0.762. The lowest BCUT2D eigenvalue weighted by atomic mass is 10.1. The highest BCUT2D eigenvalue weighted by Gasteiger charge is 2.33. The van der Waals surface area contributed by atoms with Gasteiger partial charge in [0.1, 0.15) is 12.2 Å². The molecule has 1 heterocycles. The number of ether oxygens (including phenoxy) is 2. The summed E-state index contributed by atoms with van der Waals surface area (Å²) in [5.74, 6) is 0. The second-order valence-electron chi connectivity index (χ2n) is 4.78. The molecule has 1 aromatic carbocycles. The predicted molar refractivity (Wildman–Crippen MR) is 78.0 cm³/mol. The van der Waals surface area contributed by atoms with Gasteiger partial charge < -0.3 is 20.1 Å². The van der Waals surface area contributed by atoms with Gasteiger partial charge in [0.05, 0.1) is 10.7 Å². The fraction of sp³-hybridized carbons (Fsp3) is 0.571. The van der Waals surface area contributed by atoms with E-state index in [1.807, 2.05) is 6.07 Å². The Kier molecular flexibility index (Phi) is 5.05. The summed E-state index contributed by atoms with van der Waals surface area (Å²) in [7, 11) is 3.43. The monoisotopic (exact) mass is 284 g/mol.